The first-order valence-electron chi connectivity index (χ1n) is 5.97. The highest BCUT2D eigenvalue weighted by molar-refractivity contribution is 5.71. The molecule has 1 N–H and O–H groups in total. The molecule has 0 aliphatic rings. The maximum absolute atomic E-state index is 11.3. The van der Waals surface area contributed by atoms with Crippen molar-refractivity contribution in [3.05, 3.63) is 48.5 Å². The highest BCUT2D eigenvalue weighted by Crippen LogP contribution is 2.28. The minimum absolute atomic E-state index is 0.286. The molecule has 0 radical (unpaired) electrons. The fourth-order valence-corrected chi connectivity index (χ4v) is 2.09. The molecule has 0 saturated heterocycles. The Labute approximate surface area is 111 Å². The van der Waals surface area contributed by atoms with Gasteiger partial charge in [-0.1, -0.05) is 12.1 Å². The van der Waals surface area contributed by atoms with Crippen molar-refractivity contribution < 1.29 is 14.6 Å². The first kappa shape index (κ1) is 13.1. The van der Waals surface area contributed by atoms with Gasteiger partial charge in [-0.25, -0.2) is 4.98 Å². The summed E-state index contributed by atoms with van der Waals surface area (Å²) >= 11 is 0. The lowest BCUT2D eigenvalue weighted by molar-refractivity contribution is -0.142. The highest BCUT2D eigenvalue weighted by atomic mass is 16.5. The summed E-state index contributed by atoms with van der Waals surface area (Å²) in [5, 5.41) is 9.25. The molecule has 1 aromatic carbocycles. The molecule has 0 saturated carbocycles. The van der Waals surface area contributed by atoms with E-state index in [0.29, 0.717) is 0 Å². The average Bonchev–Trinajstić information content (AvgIpc) is 2.93. The van der Waals surface area contributed by atoms with E-state index in [0.717, 1.165) is 11.3 Å². The predicted molar refractivity (Wildman–Crippen MR) is 70.2 cm³/mol. The van der Waals surface area contributed by atoms with E-state index in [1.165, 1.54) is 0 Å². The van der Waals surface area contributed by atoms with Gasteiger partial charge in [0.25, 0.3) is 0 Å². The first-order valence-corrected chi connectivity index (χ1v) is 5.97. The van der Waals surface area contributed by atoms with Crippen molar-refractivity contribution in [3.8, 4) is 5.75 Å². The monoisotopic (exact) mass is 260 g/mol. The van der Waals surface area contributed by atoms with Gasteiger partial charge in [0, 0.05) is 12.4 Å². The van der Waals surface area contributed by atoms with Crippen LogP contribution in [0.25, 0.3) is 0 Å². The molecule has 2 aromatic rings. The van der Waals surface area contributed by atoms with Crippen molar-refractivity contribution in [1.82, 2.24) is 9.55 Å². The van der Waals surface area contributed by atoms with Gasteiger partial charge >= 0.3 is 5.97 Å². The fourth-order valence-electron chi connectivity index (χ4n) is 2.09. The molecular weight excluding hydrogens is 244 g/mol. The van der Waals surface area contributed by atoms with Crippen LogP contribution in [-0.4, -0.2) is 27.7 Å². The van der Waals surface area contributed by atoms with Crippen LogP contribution in [0.4, 0.5) is 0 Å². The van der Waals surface area contributed by atoms with Crippen LogP contribution >= 0.6 is 0 Å². The third-order valence-corrected chi connectivity index (χ3v) is 3.17. The van der Waals surface area contributed by atoms with Crippen LogP contribution in [-0.2, 0) is 4.79 Å². The van der Waals surface area contributed by atoms with Gasteiger partial charge in [-0.2, -0.15) is 0 Å². The lowest BCUT2D eigenvalue weighted by Crippen LogP contribution is -2.24. The predicted octanol–water partition coefficient (Wildman–Crippen LogP) is 2.20. The van der Waals surface area contributed by atoms with E-state index in [2.05, 4.69) is 4.98 Å². The summed E-state index contributed by atoms with van der Waals surface area (Å²) in [6.07, 6.45) is 5.05. The van der Waals surface area contributed by atoms with Crippen LogP contribution in [0.3, 0.4) is 0 Å². The molecule has 19 heavy (non-hydrogen) atoms. The molecule has 0 spiro atoms. The average molecular weight is 260 g/mol. The van der Waals surface area contributed by atoms with Crippen molar-refractivity contribution in [2.75, 3.05) is 7.11 Å². The molecule has 0 aliphatic heterocycles. The summed E-state index contributed by atoms with van der Waals surface area (Å²) in [4.78, 5) is 15.3. The Bertz CT molecular complexity index is 534. The van der Waals surface area contributed by atoms with E-state index in [4.69, 9.17) is 4.74 Å². The summed E-state index contributed by atoms with van der Waals surface area (Å²) in [6, 6.07) is 7.12. The first-order chi connectivity index (χ1) is 9.13. The third kappa shape index (κ3) is 2.76. The molecule has 5 heteroatoms. The van der Waals surface area contributed by atoms with Gasteiger partial charge in [-0.15, -0.1) is 0 Å². The molecule has 1 heterocycles. The maximum atomic E-state index is 11.3. The summed E-state index contributed by atoms with van der Waals surface area (Å²) in [5.41, 5.74) is 0.911. The molecule has 0 fully saturated rings. The lowest BCUT2D eigenvalue weighted by atomic mass is 9.94. The number of imidazole rings is 1. The number of rotatable bonds is 5. The molecule has 0 bridgehead atoms. The second-order valence-electron chi connectivity index (χ2n) is 4.35. The maximum Gasteiger partial charge on any atom is 0.308 e. The Kier molecular flexibility index (Phi) is 3.85. The number of aromatic nitrogens is 2. The van der Waals surface area contributed by atoms with Crippen LogP contribution in [0.1, 0.15) is 18.5 Å². The number of methoxy groups -OCH3 is 1. The molecule has 2 rings (SSSR count). The van der Waals surface area contributed by atoms with E-state index in [9.17, 15) is 9.90 Å². The van der Waals surface area contributed by atoms with E-state index in [1.54, 1.807) is 37.3 Å². The summed E-state index contributed by atoms with van der Waals surface area (Å²) in [5.74, 6) is -0.645. The van der Waals surface area contributed by atoms with E-state index in [-0.39, 0.29) is 6.04 Å². The molecule has 5 nitrogen and oxygen atoms in total. The standard InChI is InChI=1S/C14H16N2O3/c1-10(14(17)18)13(16-8-7-15-9-16)11-3-5-12(19-2)6-4-11/h3-10,13H,1-2H3,(H,17,18). The zero-order valence-electron chi connectivity index (χ0n) is 10.9. The minimum atomic E-state index is -0.838. The minimum Gasteiger partial charge on any atom is -0.497 e. The smallest absolute Gasteiger partial charge is 0.308 e. The van der Waals surface area contributed by atoms with Crippen molar-refractivity contribution in [2.24, 2.45) is 5.92 Å². The van der Waals surface area contributed by atoms with Gasteiger partial charge in [-0.3, -0.25) is 4.79 Å². The number of hydrogen-bond acceptors (Lipinski definition) is 3. The van der Waals surface area contributed by atoms with Crippen molar-refractivity contribution >= 4 is 5.97 Å². The Morgan fingerprint density at radius 2 is 2.05 bits per heavy atom. The summed E-state index contributed by atoms with van der Waals surface area (Å²) in [7, 11) is 1.60. The zero-order chi connectivity index (χ0) is 13.8. The van der Waals surface area contributed by atoms with Crippen LogP contribution in [0.5, 0.6) is 5.75 Å². The van der Waals surface area contributed by atoms with Crippen LogP contribution in [0.2, 0.25) is 0 Å². The van der Waals surface area contributed by atoms with Crippen LogP contribution in [0, 0.1) is 5.92 Å². The van der Waals surface area contributed by atoms with Crippen molar-refractivity contribution in [3.63, 3.8) is 0 Å². The molecule has 0 amide bonds. The molecule has 100 valence electrons. The quantitative estimate of drug-likeness (QED) is 0.895. The number of nitrogens with zero attached hydrogens (tertiary/aromatic N) is 2. The number of ether oxygens (including phenoxy) is 1. The largest absolute Gasteiger partial charge is 0.497 e. The molecule has 2 unspecified atom stereocenters. The van der Waals surface area contributed by atoms with Crippen LogP contribution in [0.15, 0.2) is 43.0 Å². The molecular formula is C14H16N2O3. The van der Waals surface area contributed by atoms with Gasteiger partial charge in [-0.05, 0) is 24.6 Å². The number of carboxylic acids is 1. The third-order valence-electron chi connectivity index (χ3n) is 3.17. The Balaban J connectivity index is 2.39. The normalized spacial score (nSPS) is 13.8. The zero-order valence-corrected chi connectivity index (χ0v) is 10.9. The molecule has 0 aliphatic carbocycles. The van der Waals surface area contributed by atoms with Gasteiger partial charge in [0.1, 0.15) is 5.75 Å². The van der Waals surface area contributed by atoms with E-state index < -0.39 is 11.9 Å². The van der Waals surface area contributed by atoms with Crippen LogP contribution < -0.4 is 4.74 Å². The number of carboxylic acid groups (broad SMARTS) is 1. The second kappa shape index (κ2) is 5.56. The second-order valence-corrected chi connectivity index (χ2v) is 4.35. The number of aliphatic carboxylic acids is 1. The van der Waals surface area contributed by atoms with Gasteiger partial charge in [0.15, 0.2) is 0 Å². The van der Waals surface area contributed by atoms with Crippen molar-refractivity contribution in [1.29, 1.82) is 0 Å². The number of carbonyl (C=O) groups is 1. The van der Waals surface area contributed by atoms with E-state index in [1.807, 2.05) is 24.3 Å². The SMILES string of the molecule is COc1ccc(C(C(C)C(=O)O)n2ccnc2)cc1. The van der Waals surface area contributed by atoms with Gasteiger partial charge < -0.3 is 14.4 Å². The number of benzene rings is 1. The number of hydrogen-bond donors (Lipinski definition) is 1. The van der Waals surface area contributed by atoms with E-state index >= 15 is 0 Å². The summed E-state index contributed by atoms with van der Waals surface area (Å²) in [6.45, 7) is 1.69. The summed E-state index contributed by atoms with van der Waals surface area (Å²) < 4.78 is 6.92. The topological polar surface area (TPSA) is 64.3 Å². The van der Waals surface area contributed by atoms with Gasteiger partial charge in [0.05, 0.1) is 25.4 Å². The Hall–Kier alpha value is -2.30. The van der Waals surface area contributed by atoms with Crippen molar-refractivity contribution in [2.45, 2.75) is 13.0 Å². The highest BCUT2D eigenvalue weighted by Gasteiger charge is 2.26. The lowest BCUT2D eigenvalue weighted by Gasteiger charge is -2.23. The fraction of sp³-hybridized carbons (Fsp3) is 0.286. The molecule has 1 aromatic heterocycles. The Morgan fingerprint density at radius 1 is 1.37 bits per heavy atom. The van der Waals surface area contributed by atoms with Gasteiger partial charge in [0.2, 0.25) is 0 Å². The molecule has 2 atom stereocenters. The Morgan fingerprint density at radius 3 is 2.53 bits per heavy atom.